The average Bonchev–Trinajstić information content (AvgIpc) is 3.16. The molecule has 0 radical (unpaired) electrons. The minimum atomic E-state index is 0.892. The number of rotatable bonds is 22. The minimum Gasteiger partial charge on any atom is -0.496 e. The molecule has 2 nitrogen and oxygen atoms in total. The van der Waals surface area contributed by atoms with Crippen molar-refractivity contribution in [2.24, 2.45) is 0 Å². The number of hydrogen-bond donors (Lipinski definition) is 0. The zero-order chi connectivity index (χ0) is 36.7. The van der Waals surface area contributed by atoms with Crippen molar-refractivity contribution in [3.8, 4) is 33.8 Å². The Labute approximate surface area is 316 Å². The van der Waals surface area contributed by atoms with Gasteiger partial charge in [-0.15, -0.1) is 0 Å². The fourth-order valence-corrected chi connectivity index (χ4v) is 8.05. The number of hydrogen-bond acceptors (Lipinski definition) is 2. The van der Waals surface area contributed by atoms with E-state index in [4.69, 9.17) is 9.47 Å². The predicted molar refractivity (Wildman–Crippen MR) is 228 cm³/mol. The molecule has 0 heterocycles. The first kappa shape index (κ1) is 39.4. The summed E-state index contributed by atoms with van der Waals surface area (Å²) in [6.07, 6.45) is 23.9. The molecule has 52 heavy (non-hydrogen) atoms. The second kappa shape index (κ2) is 20.5. The third-order valence-electron chi connectivity index (χ3n) is 11.2. The summed E-state index contributed by atoms with van der Waals surface area (Å²) >= 11 is 0. The van der Waals surface area contributed by atoms with Gasteiger partial charge in [0.1, 0.15) is 11.5 Å². The molecule has 278 valence electrons. The van der Waals surface area contributed by atoms with Gasteiger partial charge in [0.15, 0.2) is 0 Å². The van der Waals surface area contributed by atoms with Crippen LogP contribution in [-0.2, 0) is 12.8 Å². The highest BCUT2D eigenvalue weighted by atomic mass is 16.5. The van der Waals surface area contributed by atoms with Gasteiger partial charge in [0.05, 0.1) is 14.2 Å². The molecule has 5 aromatic carbocycles. The molecule has 0 aliphatic carbocycles. The van der Waals surface area contributed by atoms with E-state index >= 15 is 0 Å². The van der Waals surface area contributed by atoms with Gasteiger partial charge in [-0.1, -0.05) is 146 Å². The van der Waals surface area contributed by atoms with Crippen molar-refractivity contribution < 1.29 is 9.47 Å². The van der Waals surface area contributed by atoms with Gasteiger partial charge in [0.2, 0.25) is 0 Å². The zero-order valence-electron chi connectivity index (χ0n) is 33.5. The highest BCUT2D eigenvalue weighted by molar-refractivity contribution is 5.94. The Morgan fingerprint density at radius 3 is 1.29 bits per heavy atom. The summed E-state index contributed by atoms with van der Waals surface area (Å²) in [6.45, 7) is 9.02. The van der Waals surface area contributed by atoms with E-state index in [1.54, 1.807) is 14.2 Å². The number of benzene rings is 5. The number of ether oxygens (including phenoxy) is 2. The van der Waals surface area contributed by atoms with Crippen molar-refractivity contribution in [1.82, 2.24) is 0 Å². The second-order valence-electron chi connectivity index (χ2n) is 15.4. The van der Waals surface area contributed by atoms with Crippen LogP contribution in [0.1, 0.15) is 139 Å². The average molecular weight is 699 g/mol. The summed E-state index contributed by atoms with van der Waals surface area (Å²) in [6, 6.07) is 27.8. The maximum absolute atomic E-state index is 6.15. The smallest absolute Gasteiger partial charge is 0.127 e. The van der Waals surface area contributed by atoms with Crippen LogP contribution < -0.4 is 9.47 Å². The Bertz CT molecular complexity index is 1860. The fourth-order valence-electron chi connectivity index (χ4n) is 8.05. The highest BCUT2D eigenvalue weighted by Gasteiger charge is 2.17. The zero-order valence-corrected chi connectivity index (χ0v) is 33.5. The van der Waals surface area contributed by atoms with Gasteiger partial charge >= 0.3 is 0 Å². The van der Waals surface area contributed by atoms with Crippen LogP contribution in [0.5, 0.6) is 11.5 Å². The Morgan fingerprint density at radius 2 is 0.769 bits per heavy atom. The predicted octanol–water partition coefficient (Wildman–Crippen LogP) is 15.3. The summed E-state index contributed by atoms with van der Waals surface area (Å²) in [5.74, 6) is 1.79. The number of aryl methyl sites for hydroxylation is 4. The quantitative estimate of drug-likeness (QED) is 0.0670. The van der Waals surface area contributed by atoms with Crippen molar-refractivity contribution >= 4 is 21.5 Å². The summed E-state index contributed by atoms with van der Waals surface area (Å²) in [5, 5.41) is 5.09. The molecule has 0 unspecified atom stereocenters. The molecule has 0 bridgehead atoms. The van der Waals surface area contributed by atoms with E-state index in [2.05, 4.69) is 100 Å². The molecule has 0 saturated heterocycles. The largest absolute Gasteiger partial charge is 0.496 e. The van der Waals surface area contributed by atoms with Crippen molar-refractivity contribution in [2.45, 2.75) is 143 Å². The van der Waals surface area contributed by atoms with Crippen LogP contribution in [0.2, 0.25) is 0 Å². The van der Waals surface area contributed by atoms with E-state index in [-0.39, 0.29) is 0 Å². The van der Waals surface area contributed by atoms with Gasteiger partial charge in [-0.05, 0) is 125 Å². The van der Waals surface area contributed by atoms with Crippen molar-refractivity contribution in [1.29, 1.82) is 0 Å². The lowest BCUT2D eigenvalue weighted by atomic mass is 9.90. The first-order valence-corrected chi connectivity index (χ1v) is 20.8. The monoisotopic (exact) mass is 699 g/mol. The minimum absolute atomic E-state index is 0.892. The van der Waals surface area contributed by atoms with E-state index in [1.807, 2.05) is 0 Å². The second-order valence-corrected chi connectivity index (χ2v) is 15.4. The van der Waals surface area contributed by atoms with Crippen LogP contribution >= 0.6 is 0 Å². The number of unbranched alkanes of at least 4 members (excludes halogenated alkanes) is 14. The molecule has 0 aliphatic heterocycles. The molecule has 0 aliphatic rings. The molecule has 0 spiro atoms. The lowest BCUT2D eigenvalue weighted by Crippen LogP contribution is -1.96. The van der Waals surface area contributed by atoms with Gasteiger partial charge < -0.3 is 9.47 Å². The standard InChI is InChI=1S/C50H66O2/c1-7-9-11-13-15-17-19-21-23-39-25-27-41-29-37(3)45(33-43(41)31-39)47-30-38(4)46(36-50(47)52-6)48-34-44-32-40(26-28-42(44)35-49(48)51-5)24-22-20-18-16-14-12-10-8-2/h25-36H,7-24H2,1-6H3. The molecule has 2 heteroatoms. The lowest BCUT2D eigenvalue weighted by Gasteiger charge is -2.18. The summed E-state index contributed by atoms with van der Waals surface area (Å²) in [4.78, 5) is 0. The molecule has 0 amide bonds. The Hall–Kier alpha value is -3.78. The fraction of sp³-hybridized carbons (Fsp3) is 0.480. The van der Waals surface area contributed by atoms with E-state index < -0.39 is 0 Å². The highest BCUT2D eigenvalue weighted by Crippen LogP contribution is 2.43. The first-order valence-electron chi connectivity index (χ1n) is 20.8. The maximum Gasteiger partial charge on any atom is 0.127 e. The van der Waals surface area contributed by atoms with Crippen LogP contribution in [0, 0.1) is 13.8 Å². The summed E-state index contributed by atoms with van der Waals surface area (Å²) < 4.78 is 12.2. The molecule has 0 N–H and O–H groups in total. The van der Waals surface area contributed by atoms with Gasteiger partial charge in [-0.2, -0.15) is 0 Å². The Balaban J connectivity index is 1.34. The first-order chi connectivity index (χ1) is 25.4. The maximum atomic E-state index is 6.15. The van der Waals surface area contributed by atoms with E-state index in [1.165, 1.54) is 152 Å². The SMILES string of the molecule is CCCCCCCCCCc1ccc2cc(C)c(-c3cc(C)c(-c4cc5cc(CCCCCCCCCC)ccc5cc4OC)cc3OC)cc2c1. The number of fused-ring (bicyclic) bond motifs is 2. The molecule has 5 rings (SSSR count). The summed E-state index contributed by atoms with van der Waals surface area (Å²) in [5.41, 5.74) is 9.99. The van der Waals surface area contributed by atoms with Crippen LogP contribution in [0.25, 0.3) is 43.8 Å². The molecule has 0 atom stereocenters. The molecular weight excluding hydrogens is 633 g/mol. The number of methoxy groups -OCH3 is 2. The van der Waals surface area contributed by atoms with Gasteiger partial charge in [0, 0.05) is 11.1 Å². The summed E-state index contributed by atoms with van der Waals surface area (Å²) in [7, 11) is 3.58. The topological polar surface area (TPSA) is 18.5 Å². The molecule has 0 saturated carbocycles. The molecule has 0 fully saturated rings. The van der Waals surface area contributed by atoms with Gasteiger partial charge in [-0.3, -0.25) is 0 Å². The Kier molecular flexibility index (Phi) is 15.5. The molecule has 0 aromatic heterocycles. The van der Waals surface area contributed by atoms with Crippen molar-refractivity contribution in [3.05, 3.63) is 95.1 Å². The van der Waals surface area contributed by atoms with Gasteiger partial charge in [-0.25, -0.2) is 0 Å². The Morgan fingerprint density at radius 1 is 0.365 bits per heavy atom. The van der Waals surface area contributed by atoms with E-state index in [9.17, 15) is 0 Å². The third kappa shape index (κ3) is 10.6. The lowest BCUT2D eigenvalue weighted by molar-refractivity contribution is 0.415. The van der Waals surface area contributed by atoms with E-state index in [0.29, 0.717) is 0 Å². The van der Waals surface area contributed by atoms with E-state index in [0.717, 1.165) is 41.0 Å². The molecule has 5 aromatic rings. The third-order valence-corrected chi connectivity index (χ3v) is 11.2. The van der Waals surface area contributed by atoms with Crippen LogP contribution in [-0.4, -0.2) is 14.2 Å². The van der Waals surface area contributed by atoms with Crippen LogP contribution in [0.3, 0.4) is 0 Å². The van der Waals surface area contributed by atoms with Gasteiger partial charge in [0.25, 0.3) is 0 Å². The van der Waals surface area contributed by atoms with Crippen LogP contribution in [0.4, 0.5) is 0 Å². The molecular formula is C50H66O2. The normalized spacial score (nSPS) is 11.5. The van der Waals surface area contributed by atoms with Crippen LogP contribution in [0.15, 0.2) is 72.8 Å². The van der Waals surface area contributed by atoms with Crippen molar-refractivity contribution in [2.75, 3.05) is 14.2 Å². The van der Waals surface area contributed by atoms with Crippen molar-refractivity contribution in [3.63, 3.8) is 0 Å².